The van der Waals surface area contributed by atoms with Gasteiger partial charge in [0.2, 0.25) is 7.41 Å². The van der Waals surface area contributed by atoms with Crippen LogP contribution in [0.1, 0.15) is 56.7 Å². The highest BCUT2D eigenvalue weighted by Crippen LogP contribution is 2.70. The number of fused-ring (bicyclic) bond motifs is 1. The van der Waals surface area contributed by atoms with Gasteiger partial charge in [0, 0.05) is 24.5 Å². The fourth-order valence-electron chi connectivity index (χ4n) is 8.05. The topological polar surface area (TPSA) is 38.7 Å². The van der Waals surface area contributed by atoms with Gasteiger partial charge >= 0.3 is 0 Å². The Balaban J connectivity index is 1.95. The van der Waals surface area contributed by atoms with E-state index in [0.29, 0.717) is 17.8 Å². The van der Waals surface area contributed by atoms with Crippen LogP contribution >= 0.6 is 0 Å². The van der Waals surface area contributed by atoms with Gasteiger partial charge in [-0.3, -0.25) is 0 Å². The fourth-order valence-corrected chi connectivity index (χ4v) is 8.05. The summed E-state index contributed by atoms with van der Waals surface area (Å²) in [5.74, 6) is 1.41. The molecule has 30 heavy (non-hydrogen) atoms. The minimum Gasteiger partial charge on any atom is -0.508 e. The maximum Gasteiger partial charge on any atom is 0.240 e. The van der Waals surface area contributed by atoms with E-state index >= 15 is 0 Å². The molecule has 3 aliphatic rings. The predicted molar refractivity (Wildman–Crippen MR) is 126 cm³/mol. The number of likely N-dealkylation sites (tertiary alicyclic amines) is 1. The fraction of sp³-hybridized carbons (Fsp3) is 0.680. The molecule has 1 radical (unpaired) electrons. The molecule has 1 saturated carbocycles. The Hall–Kier alpha value is -1.62. The average Bonchev–Trinajstić information content (AvgIpc) is 2.67. The molecular weight excluding hydrogens is 369 g/mol. The molecule has 1 aromatic carbocycles. The number of aromatic hydroxyl groups is 1. The van der Waals surface area contributed by atoms with Gasteiger partial charge in [-0.2, -0.15) is 0 Å². The van der Waals surface area contributed by atoms with Gasteiger partial charge in [0.15, 0.2) is 0 Å². The highest BCUT2D eigenvalue weighted by molar-refractivity contribution is 6.30. The highest BCUT2D eigenvalue weighted by Gasteiger charge is 2.69. The summed E-state index contributed by atoms with van der Waals surface area (Å²) in [5.41, 5.74) is 4.18. The highest BCUT2D eigenvalue weighted by atomic mass is 16.3. The van der Waals surface area contributed by atoms with E-state index in [2.05, 4.69) is 69.5 Å². The third-order valence-corrected chi connectivity index (χ3v) is 9.52. The number of hydrogen-bond donors (Lipinski definition) is 2. The second kappa shape index (κ2) is 6.95. The van der Waals surface area contributed by atoms with Crippen molar-refractivity contribution in [3.05, 3.63) is 41.2 Å². The van der Waals surface area contributed by atoms with Crippen LogP contribution in [-0.4, -0.2) is 55.0 Å². The third-order valence-electron chi connectivity index (χ3n) is 9.52. The zero-order valence-electron chi connectivity index (χ0n) is 20.0. The summed E-state index contributed by atoms with van der Waals surface area (Å²) in [4.78, 5) is 4.98. The average molecular weight is 408 g/mol. The number of phenols is 1. The summed E-state index contributed by atoms with van der Waals surface area (Å²) < 4.78 is 0. The molecule has 1 aliphatic heterocycles. The van der Waals surface area contributed by atoms with Crippen molar-refractivity contribution in [2.24, 2.45) is 10.8 Å². The number of benzene rings is 1. The van der Waals surface area contributed by atoms with Gasteiger partial charge in [0.25, 0.3) is 0 Å². The second-order valence-electron chi connectivity index (χ2n) is 10.8. The van der Waals surface area contributed by atoms with Gasteiger partial charge in [-0.25, -0.2) is 0 Å². The van der Waals surface area contributed by atoms with Crippen LogP contribution in [-0.2, 0) is 11.8 Å². The Morgan fingerprint density at radius 1 is 1.30 bits per heavy atom. The molecule has 0 amide bonds. The number of likely N-dealkylation sites (N-methyl/N-ethyl adjacent to an activating group) is 1. The number of rotatable bonds is 4. The van der Waals surface area contributed by atoms with Crippen molar-refractivity contribution in [2.75, 3.05) is 20.6 Å². The second-order valence-corrected chi connectivity index (χ2v) is 10.8. The SMILES string of the molecule is C=C(N[B]C)N(C)C1CCC2(C)[C@@H]3Cc4ccc(O)c(C)c4[C@@]2(CCN3C)C1(C)C. The lowest BCUT2D eigenvalue weighted by Crippen LogP contribution is -2.74. The maximum absolute atomic E-state index is 10.7. The number of hydrogen-bond acceptors (Lipinski definition) is 4. The number of phenolic OH excluding ortho intramolecular Hbond substituents is 1. The van der Waals surface area contributed by atoms with E-state index < -0.39 is 0 Å². The lowest BCUT2D eigenvalue weighted by Gasteiger charge is -2.72. The van der Waals surface area contributed by atoms with Crippen LogP contribution in [0.4, 0.5) is 0 Å². The Morgan fingerprint density at radius 2 is 2.00 bits per heavy atom. The number of nitrogens with zero attached hydrogens (tertiary/aromatic N) is 2. The molecule has 4 nitrogen and oxygen atoms in total. The molecule has 4 atom stereocenters. The Morgan fingerprint density at radius 3 is 2.67 bits per heavy atom. The minimum absolute atomic E-state index is 0.0142. The Labute approximate surface area is 184 Å². The first kappa shape index (κ1) is 21.6. The molecule has 0 spiro atoms. The molecule has 0 aromatic heterocycles. The zero-order chi connectivity index (χ0) is 22.1. The largest absolute Gasteiger partial charge is 0.508 e. The van der Waals surface area contributed by atoms with E-state index in [-0.39, 0.29) is 16.2 Å². The maximum atomic E-state index is 10.7. The van der Waals surface area contributed by atoms with Gasteiger partial charge in [0.1, 0.15) is 5.75 Å². The molecular formula is C25H39BN3O. The first-order valence-electron chi connectivity index (χ1n) is 11.5. The molecule has 163 valence electrons. The molecule has 2 bridgehead atoms. The molecule has 2 N–H and O–H groups in total. The summed E-state index contributed by atoms with van der Waals surface area (Å²) in [5, 5.41) is 14.1. The van der Waals surface area contributed by atoms with Crippen LogP contribution in [0.15, 0.2) is 24.5 Å². The predicted octanol–water partition coefficient (Wildman–Crippen LogP) is 4.05. The molecule has 5 heteroatoms. The van der Waals surface area contributed by atoms with E-state index in [1.807, 2.05) is 20.3 Å². The quantitative estimate of drug-likeness (QED) is 0.738. The lowest BCUT2D eigenvalue weighted by atomic mass is 9.36. The monoisotopic (exact) mass is 408 g/mol. The third kappa shape index (κ3) is 2.51. The van der Waals surface area contributed by atoms with Gasteiger partial charge in [-0.1, -0.05) is 40.2 Å². The standard InChI is InChI=1S/C25H39BN3O/c1-16-19(30)10-9-18-15-21-24(5)12-11-20(29(8)17(2)27-26-6)23(3,4)25(24,22(16)18)13-14-28(21)7/h9-10,20-21,27,30H,2,11-15H2,1,3-8H3/t20?,21-,24?,25-/m0/s1. The summed E-state index contributed by atoms with van der Waals surface area (Å²) in [7, 11) is 6.46. The van der Waals surface area contributed by atoms with Crippen molar-refractivity contribution in [3.63, 3.8) is 0 Å². The lowest BCUT2D eigenvalue weighted by molar-refractivity contribution is -0.159. The molecule has 4 rings (SSSR count). The van der Waals surface area contributed by atoms with Crippen molar-refractivity contribution < 1.29 is 5.11 Å². The Kier molecular flexibility index (Phi) is 5.00. The smallest absolute Gasteiger partial charge is 0.240 e. The van der Waals surface area contributed by atoms with E-state index in [9.17, 15) is 5.11 Å². The summed E-state index contributed by atoms with van der Waals surface area (Å²) in [6, 6.07) is 5.02. The van der Waals surface area contributed by atoms with Crippen LogP contribution in [0.5, 0.6) is 5.75 Å². The van der Waals surface area contributed by atoms with Crippen molar-refractivity contribution in [1.29, 1.82) is 0 Å². The molecule has 2 unspecified atom stereocenters. The first-order chi connectivity index (χ1) is 14.0. The van der Waals surface area contributed by atoms with E-state index in [0.717, 1.165) is 37.2 Å². The molecule has 2 aliphatic carbocycles. The van der Waals surface area contributed by atoms with Crippen LogP contribution in [0.3, 0.4) is 0 Å². The minimum atomic E-state index is 0.0142. The van der Waals surface area contributed by atoms with E-state index in [4.69, 9.17) is 0 Å². The Bertz CT molecular complexity index is 868. The van der Waals surface area contributed by atoms with Gasteiger partial charge < -0.3 is 20.1 Å². The van der Waals surface area contributed by atoms with Crippen LogP contribution in [0.25, 0.3) is 0 Å². The number of nitrogens with one attached hydrogen (secondary N) is 1. The zero-order valence-corrected chi connectivity index (χ0v) is 20.0. The van der Waals surface area contributed by atoms with Gasteiger partial charge in [-0.15, -0.1) is 0 Å². The van der Waals surface area contributed by atoms with Crippen molar-refractivity contribution in [3.8, 4) is 5.75 Å². The molecule has 2 fully saturated rings. The van der Waals surface area contributed by atoms with Crippen molar-refractivity contribution in [2.45, 2.75) is 77.7 Å². The summed E-state index contributed by atoms with van der Waals surface area (Å²) in [6.07, 6.45) is 4.56. The van der Waals surface area contributed by atoms with Crippen LogP contribution in [0.2, 0.25) is 6.82 Å². The molecule has 1 aromatic rings. The van der Waals surface area contributed by atoms with Crippen LogP contribution in [0, 0.1) is 17.8 Å². The van der Waals surface area contributed by atoms with Crippen molar-refractivity contribution in [1.82, 2.24) is 15.0 Å². The van der Waals surface area contributed by atoms with Gasteiger partial charge in [-0.05, 0) is 79.8 Å². The number of piperidine rings is 1. The molecule has 1 saturated heterocycles. The molecule has 1 heterocycles. The van der Waals surface area contributed by atoms with E-state index in [1.165, 1.54) is 17.5 Å². The van der Waals surface area contributed by atoms with Gasteiger partial charge in [0.05, 0.1) is 5.82 Å². The van der Waals surface area contributed by atoms with Crippen molar-refractivity contribution >= 4 is 7.41 Å². The van der Waals surface area contributed by atoms with Crippen LogP contribution < -0.4 is 5.23 Å². The summed E-state index contributed by atoms with van der Waals surface area (Å²) >= 11 is 0. The summed E-state index contributed by atoms with van der Waals surface area (Å²) in [6.45, 7) is 17.1. The first-order valence-corrected chi connectivity index (χ1v) is 11.5. The normalized spacial score (nSPS) is 34.5. The van der Waals surface area contributed by atoms with E-state index in [1.54, 1.807) is 0 Å².